The van der Waals surface area contributed by atoms with Crippen molar-refractivity contribution in [3.8, 4) is 0 Å². The van der Waals surface area contributed by atoms with E-state index in [0.29, 0.717) is 0 Å². The van der Waals surface area contributed by atoms with Crippen LogP contribution in [0, 0.1) is 0 Å². The number of aliphatic hydroxyl groups excluding tert-OH is 2. The highest BCUT2D eigenvalue weighted by Gasteiger charge is 2.56. The molecule has 100 valence electrons. The molecule has 2 heterocycles. The second kappa shape index (κ2) is 4.79. The Bertz CT molecular complexity index is 269. The molecule has 0 bridgehead atoms. The molecule has 2 aliphatic rings. The van der Waals surface area contributed by atoms with E-state index in [1.165, 1.54) is 0 Å². The Balaban J connectivity index is 2.05. The monoisotopic (exact) mass is 248 g/mol. The van der Waals surface area contributed by atoms with Crippen LogP contribution in [-0.4, -0.2) is 60.4 Å². The number of fused-ring (bicyclic) bond motifs is 1. The predicted molar refractivity (Wildman–Crippen MR) is 57.2 cm³/mol. The highest BCUT2D eigenvalue weighted by atomic mass is 16.8. The van der Waals surface area contributed by atoms with Gasteiger partial charge in [-0.25, -0.2) is 0 Å². The molecule has 0 saturated carbocycles. The van der Waals surface area contributed by atoms with E-state index in [1.807, 2.05) is 0 Å². The van der Waals surface area contributed by atoms with Crippen LogP contribution in [0.3, 0.4) is 0 Å². The fraction of sp³-hybridized carbons (Fsp3) is 1.00. The third kappa shape index (κ3) is 2.47. The first kappa shape index (κ1) is 13.2. The second-order valence-corrected chi connectivity index (χ2v) is 4.85. The summed E-state index contributed by atoms with van der Waals surface area (Å²) >= 11 is 0. The van der Waals surface area contributed by atoms with Crippen LogP contribution in [-0.2, 0) is 18.9 Å². The van der Waals surface area contributed by atoms with Gasteiger partial charge in [0.2, 0.25) is 0 Å². The zero-order valence-corrected chi connectivity index (χ0v) is 10.3. The number of aliphatic hydroxyl groups is 2. The van der Waals surface area contributed by atoms with Crippen molar-refractivity contribution in [3.63, 3.8) is 0 Å². The molecule has 2 aliphatic heterocycles. The van der Waals surface area contributed by atoms with Crippen LogP contribution < -0.4 is 0 Å². The van der Waals surface area contributed by atoms with E-state index < -0.39 is 24.3 Å². The van der Waals surface area contributed by atoms with Gasteiger partial charge in [-0.3, -0.25) is 0 Å². The van der Waals surface area contributed by atoms with E-state index >= 15 is 0 Å². The second-order valence-electron chi connectivity index (χ2n) is 4.85. The third-order valence-corrected chi connectivity index (χ3v) is 3.10. The average molecular weight is 248 g/mol. The first-order valence-electron chi connectivity index (χ1n) is 5.81. The summed E-state index contributed by atoms with van der Waals surface area (Å²) in [5, 5.41) is 18.7. The van der Waals surface area contributed by atoms with Crippen LogP contribution in [0.15, 0.2) is 0 Å². The zero-order chi connectivity index (χ0) is 12.6. The molecule has 6 heteroatoms. The summed E-state index contributed by atoms with van der Waals surface area (Å²) in [6.07, 6.45) is -2.32. The molecule has 0 unspecified atom stereocenters. The largest absolute Gasteiger partial charge is 0.396 e. The normalized spacial score (nSPS) is 41.5. The number of methoxy groups -OCH3 is 1. The molecule has 2 saturated heterocycles. The van der Waals surface area contributed by atoms with Gasteiger partial charge in [-0.15, -0.1) is 0 Å². The zero-order valence-electron chi connectivity index (χ0n) is 10.3. The Morgan fingerprint density at radius 2 is 2.06 bits per heavy atom. The Kier molecular flexibility index (Phi) is 3.72. The van der Waals surface area contributed by atoms with E-state index in [4.69, 9.17) is 24.1 Å². The van der Waals surface area contributed by atoms with Crippen molar-refractivity contribution in [2.45, 2.75) is 56.8 Å². The van der Waals surface area contributed by atoms with Gasteiger partial charge >= 0.3 is 0 Å². The lowest BCUT2D eigenvalue weighted by molar-refractivity contribution is -0.228. The van der Waals surface area contributed by atoms with Crippen LogP contribution in [0.1, 0.15) is 20.3 Å². The van der Waals surface area contributed by atoms with Gasteiger partial charge in [0, 0.05) is 13.7 Å². The van der Waals surface area contributed by atoms with Gasteiger partial charge in [-0.1, -0.05) is 0 Å². The molecule has 6 nitrogen and oxygen atoms in total. The van der Waals surface area contributed by atoms with E-state index in [0.717, 1.165) is 0 Å². The maximum Gasteiger partial charge on any atom is 0.190 e. The molecule has 0 aromatic heterocycles. The molecular formula is C11H20O6. The Labute approximate surface area is 100 Å². The van der Waals surface area contributed by atoms with Crippen molar-refractivity contribution in [1.82, 2.24) is 0 Å². The van der Waals surface area contributed by atoms with Gasteiger partial charge in [0.25, 0.3) is 0 Å². The van der Waals surface area contributed by atoms with Gasteiger partial charge < -0.3 is 29.2 Å². The van der Waals surface area contributed by atoms with Crippen molar-refractivity contribution in [3.05, 3.63) is 0 Å². The van der Waals surface area contributed by atoms with E-state index in [2.05, 4.69) is 0 Å². The number of rotatable bonds is 4. The minimum Gasteiger partial charge on any atom is -0.396 e. The van der Waals surface area contributed by atoms with Crippen LogP contribution in [0.25, 0.3) is 0 Å². The maximum absolute atomic E-state index is 9.86. The fourth-order valence-corrected chi connectivity index (χ4v) is 2.38. The van der Waals surface area contributed by atoms with Crippen LogP contribution in [0.5, 0.6) is 0 Å². The molecule has 2 N–H and O–H groups in total. The lowest BCUT2D eigenvalue weighted by Gasteiger charge is -2.27. The average Bonchev–Trinajstić information content (AvgIpc) is 2.69. The molecule has 0 aromatic rings. The van der Waals surface area contributed by atoms with Crippen molar-refractivity contribution in [2.75, 3.05) is 13.7 Å². The Hall–Kier alpha value is -0.240. The van der Waals surface area contributed by atoms with Gasteiger partial charge in [0.05, 0.1) is 6.10 Å². The summed E-state index contributed by atoms with van der Waals surface area (Å²) in [6.45, 7) is 3.51. The van der Waals surface area contributed by atoms with Crippen LogP contribution in [0.4, 0.5) is 0 Å². The number of hydrogen-bond acceptors (Lipinski definition) is 6. The lowest BCUT2D eigenvalue weighted by atomic mass is 10.0. The van der Waals surface area contributed by atoms with Crippen molar-refractivity contribution < 1.29 is 29.2 Å². The van der Waals surface area contributed by atoms with Crippen molar-refractivity contribution in [1.29, 1.82) is 0 Å². The number of ether oxygens (including phenoxy) is 4. The quantitative estimate of drug-likeness (QED) is 0.706. The molecule has 2 fully saturated rings. The van der Waals surface area contributed by atoms with Crippen LogP contribution >= 0.6 is 0 Å². The molecule has 0 spiro atoms. The van der Waals surface area contributed by atoms with Crippen molar-refractivity contribution in [2.24, 2.45) is 0 Å². The third-order valence-electron chi connectivity index (χ3n) is 3.10. The van der Waals surface area contributed by atoms with E-state index in [9.17, 15) is 5.11 Å². The molecule has 0 aromatic carbocycles. The van der Waals surface area contributed by atoms with Crippen LogP contribution in [0.2, 0.25) is 0 Å². The molecule has 0 amide bonds. The van der Waals surface area contributed by atoms with Gasteiger partial charge in [0.1, 0.15) is 18.3 Å². The lowest BCUT2D eigenvalue weighted by Crippen LogP contribution is -2.42. The standard InChI is InChI=1S/C11H20O6/c1-11(2)16-9-8(14-3)7(6(13)4-5-12)15-10(9)17-11/h6-10,12-13H,4-5H2,1-3H3/t6-,7-,8+,9-,10-/m1/s1. The topological polar surface area (TPSA) is 77.4 Å². The molecule has 5 atom stereocenters. The maximum atomic E-state index is 9.86. The summed E-state index contributed by atoms with van der Waals surface area (Å²) in [7, 11) is 1.55. The minimum absolute atomic E-state index is 0.0972. The fourth-order valence-electron chi connectivity index (χ4n) is 2.38. The van der Waals surface area contributed by atoms with E-state index in [-0.39, 0.29) is 25.2 Å². The van der Waals surface area contributed by atoms with Gasteiger partial charge in [-0.2, -0.15) is 0 Å². The molecule has 0 radical (unpaired) electrons. The predicted octanol–water partition coefficient (Wildman–Crippen LogP) is -0.379. The molecule has 17 heavy (non-hydrogen) atoms. The van der Waals surface area contributed by atoms with Gasteiger partial charge in [0.15, 0.2) is 12.1 Å². The van der Waals surface area contributed by atoms with Crippen molar-refractivity contribution >= 4 is 0 Å². The summed E-state index contributed by atoms with van der Waals surface area (Å²) < 4.78 is 22.2. The summed E-state index contributed by atoms with van der Waals surface area (Å²) in [5.41, 5.74) is 0. The smallest absolute Gasteiger partial charge is 0.190 e. The summed E-state index contributed by atoms with van der Waals surface area (Å²) in [4.78, 5) is 0. The SMILES string of the molecule is CO[C@@H]1[C@H]2OC(C)(C)O[C@H]2O[C@@H]1[C@H](O)CCO. The molecular weight excluding hydrogens is 228 g/mol. The summed E-state index contributed by atoms with van der Waals surface area (Å²) in [5.74, 6) is -0.695. The van der Waals surface area contributed by atoms with E-state index in [1.54, 1.807) is 21.0 Å². The molecule has 2 rings (SSSR count). The first-order chi connectivity index (χ1) is 7.98. The summed E-state index contributed by atoms with van der Waals surface area (Å²) in [6, 6.07) is 0. The highest BCUT2D eigenvalue weighted by Crippen LogP contribution is 2.39. The first-order valence-corrected chi connectivity index (χ1v) is 5.81. The van der Waals surface area contributed by atoms with Gasteiger partial charge in [-0.05, 0) is 20.3 Å². The Morgan fingerprint density at radius 3 is 2.65 bits per heavy atom. The molecule has 0 aliphatic carbocycles. The highest BCUT2D eigenvalue weighted by molar-refractivity contribution is 4.96. The number of hydrogen-bond donors (Lipinski definition) is 2. The minimum atomic E-state index is -0.786. The Morgan fingerprint density at radius 1 is 1.35 bits per heavy atom.